The summed E-state index contributed by atoms with van der Waals surface area (Å²) in [7, 11) is 3.59. The molecule has 1 aliphatic heterocycles. The average molecular weight is 184 g/mol. The normalized spacial score (nSPS) is 19.7. The summed E-state index contributed by atoms with van der Waals surface area (Å²) in [6.07, 6.45) is 0.612. The molecule has 13 heavy (non-hydrogen) atoms. The molecule has 0 unspecified atom stereocenters. The van der Waals surface area contributed by atoms with Crippen molar-refractivity contribution >= 4 is 11.9 Å². The van der Waals surface area contributed by atoms with E-state index in [2.05, 4.69) is 0 Å². The Morgan fingerprint density at radius 1 is 1.54 bits per heavy atom. The maximum absolute atomic E-state index is 11.2. The van der Waals surface area contributed by atoms with Gasteiger partial charge in [-0.05, 0) is 0 Å². The number of carbonyl (C=O) groups is 2. The van der Waals surface area contributed by atoms with E-state index in [1.807, 2.05) is 0 Å². The summed E-state index contributed by atoms with van der Waals surface area (Å²) >= 11 is 0. The number of Topliss-reactive ketones (excluding diaryl/α,β-unsaturated/α-hetero) is 1. The Bertz CT molecular complexity index is 271. The number of amides is 1. The van der Waals surface area contributed by atoms with Gasteiger partial charge in [0, 0.05) is 25.9 Å². The zero-order chi connectivity index (χ0) is 10.0. The van der Waals surface area contributed by atoms with Crippen LogP contribution in [0.5, 0.6) is 0 Å². The number of hydrogen-bond donors (Lipinski definition) is 1. The topological polar surface area (TPSA) is 60.9 Å². The van der Waals surface area contributed by atoms with Gasteiger partial charge in [0.2, 0.25) is 0 Å². The second kappa shape index (κ2) is 3.47. The summed E-state index contributed by atoms with van der Waals surface area (Å²) in [5.41, 5.74) is 0.549. The Balaban J connectivity index is 2.72. The molecule has 1 rings (SSSR count). The van der Waals surface area contributed by atoms with Crippen molar-refractivity contribution < 1.29 is 14.7 Å². The summed E-state index contributed by atoms with van der Waals surface area (Å²) < 4.78 is 0. The van der Waals surface area contributed by atoms with Crippen molar-refractivity contribution in [1.82, 2.24) is 9.80 Å². The van der Waals surface area contributed by atoms with E-state index >= 15 is 0 Å². The van der Waals surface area contributed by atoms with Crippen LogP contribution in [0.25, 0.3) is 0 Å². The van der Waals surface area contributed by atoms with Crippen LogP contribution in [0.3, 0.4) is 0 Å². The minimum absolute atomic E-state index is 0.0188. The zero-order valence-electron chi connectivity index (χ0n) is 7.65. The first-order valence-corrected chi connectivity index (χ1v) is 3.89. The van der Waals surface area contributed by atoms with Crippen molar-refractivity contribution in [3.63, 3.8) is 0 Å². The van der Waals surface area contributed by atoms with Gasteiger partial charge >= 0.3 is 6.09 Å². The van der Waals surface area contributed by atoms with Gasteiger partial charge in [-0.3, -0.25) is 9.69 Å². The number of likely N-dealkylation sites (tertiary alicyclic amines) is 1. The number of ketones is 1. The van der Waals surface area contributed by atoms with Gasteiger partial charge in [0.25, 0.3) is 0 Å². The molecule has 72 valence electrons. The van der Waals surface area contributed by atoms with Crippen LogP contribution < -0.4 is 0 Å². The summed E-state index contributed by atoms with van der Waals surface area (Å²) in [5, 5.41) is 8.62. The van der Waals surface area contributed by atoms with E-state index in [0.29, 0.717) is 5.57 Å². The van der Waals surface area contributed by atoms with Crippen LogP contribution in [0.2, 0.25) is 0 Å². The summed E-state index contributed by atoms with van der Waals surface area (Å²) in [6, 6.07) is 0. The molecule has 0 radical (unpaired) electrons. The molecule has 0 aliphatic carbocycles. The molecule has 5 nitrogen and oxygen atoms in total. The summed E-state index contributed by atoms with van der Waals surface area (Å²) in [4.78, 5) is 24.6. The van der Waals surface area contributed by atoms with E-state index in [-0.39, 0.29) is 18.9 Å². The highest BCUT2D eigenvalue weighted by molar-refractivity contribution is 6.01. The number of hydrogen-bond acceptors (Lipinski definition) is 3. The predicted molar refractivity (Wildman–Crippen MR) is 46.4 cm³/mol. The second-order valence-corrected chi connectivity index (χ2v) is 3.18. The molecule has 5 heteroatoms. The van der Waals surface area contributed by atoms with E-state index in [9.17, 15) is 9.59 Å². The Morgan fingerprint density at radius 2 is 2.15 bits per heavy atom. The molecule has 0 saturated carbocycles. The molecule has 1 fully saturated rings. The first-order valence-electron chi connectivity index (χ1n) is 3.89. The first-order chi connectivity index (χ1) is 6.00. The third-order valence-corrected chi connectivity index (χ3v) is 1.74. The van der Waals surface area contributed by atoms with Crippen LogP contribution in [0, 0.1) is 0 Å². The van der Waals surface area contributed by atoms with Crippen molar-refractivity contribution in [3.05, 3.63) is 11.8 Å². The van der Waals surface area contributed by atoms with E-state index in [4.69, 9.17) is 5.11 Å². The number of carbonyl (C=O) groups excluding carboxylic acids is 1. The lowest BCUT2D eigenvalue weighted by Crippen LogP contribution is -2.26. The molecule has 0 aromatic carbocycles. The molecule has 1 aliphatic rings. The summed E-state index contributed by atoms with van der Waals surface area (Å²) in [6.45, 7) is 0.182. The maximum Gasteiger partial charge on any atom is 0.408 e. The fraction of sp³-hybridized carbons (Fsp3) is 0.500. The van der Waals surface area contributed by atoms with Crippen molar-refractivity contribution in [2.24, 2.45) is 0 Å². The van der Waals surface area contributed by atoms with Gasteiger partial charge in [0.05, 0.1) is 13.1 Å². The smallest absolute Gasteiger partial charge is 0.408 e. The fourth-order valence-electron chi connectivity index (χ4n) is 1.18. The van der Waals surface area contributed by atoms with Gasteiger partial charge in [-0.15, -0.1) is 0 Å². The lowest BCUT2D eigenvalue weighted by molar-refractivity contribution is -0.114. The van der Waals surface area contributed by atoms with E-state index in [0.717, 1.165) is 4.90 Å². The standard InChI is InChI=1S/C8H12N2O3/c1-9(2)3-6-4-10(8(12)13)5-7(6)11/h3H,4-5H2,1-2H3,(H,12,13)/b6-3-. The Morgan fingerprint density at radius 3 is 2.54 bits per heavy atom. The molecule has 1 amide bonds. The molecule has 1 saturated heterocycles. The Labute approximate surface area is 76.2 Å². The quantitative estimate of drug-likeness (QED) is 0.582. The molecule has 0 spiro atoms. The van der Waals surface area contributed by atoms with E-state index < -0.39 is 6.09 Å². The van der Waals surface area contributed by atoms with Crippen molar-refractivity contribution in [2.75, 3.05) is 27.2 Å². The highest BCUT2D eigenvalue weighted by Gasteiger charge is 2.28. The lowest BCUT2D eigenvalue weighted by Gasteiger charge is -2.08. The maximum atomic E-state index is 11.2. The second-order valence-electron chi connectivity index (χ2n) is 3.18. The van der Waals surface area contributed by atoms with Gasteiger partial charge in [-0.1, -0.05) is 0 Å². The molecular formula is C8H12N2O3. The van der Waals surface area contributed by atoms with Gasteiger partial charge in [0.1, 0.15) is 0 Å². The third-order valence-electron chi connectivity index (χ3n) is 1.74. The number of carboxylic acid groups (broad SMARTS) is 1. The van der Waals surface area contributed by atoms with Gasteiger partial charge < -0.3 is 10.0 Å². The van der Waals surface area contributed by atoms with E-state index in [1.165, 1.54) is 0 Å². The van der Waals surface area contributed by atoms with Crippen LogP contribution in [-0.4, -0.2) is 54.0 Å². The van der Waals surface area contributed by atoms with E-state index in [1.54, 1.807) is 25.2 Å². The Kier molecular flexibility index (Phi) is 2.55. The molecule has 0 aromatic rings. The SMILES string of the molecule is CN(C)/C=C1/CN(C(=O)O)CC1=O. The minimum Gasteiger partial charge on any atom is -0.465 e. The third kappa shape index (κ3) is 2.21. The lowest BCUT2D eigenvalue weighted by atomic mass is 10.2. The average Bonchev–Trinajstić information content (AvgIpc) is 2.31. The molecular weight excluding hydrogens is 172 g/mol. The van der Waals surface area contributed by atoms with Crippen molar-refractivity contribution in [3.8, 4) is 0 Å². The monoisotopic (exact) mass is 184 g/mol. The molecule has 0 aromatic heterocycles. The van der Waals surface area contributed by atoms with Crippen LogP contribution in [0.1, 0.15) is 0 Å². The Hall–Kier alpha value is -1.52. The van der Waals surface area contributed by atoms with Crippen molar-refractivity contribution in [2.45, 2.75) is 0 Å². The minimum atomic E-state index is -1.05. The van der Waals surface area contributed by atoms with Gasteiger partial charge in [-0.2, -0.15) is 0 Å². The van der Waals surface area contributed by atoms with Crippen LogP contribution in [0.4, 0.5) is 4.79 Å². The zero-order valence-corrected chi connectivity index (χ0v) is 7.65. The van der Waals surface area contributed by atoms with Crippen molar-refractivity contribution in [1.29, 1.82) is 0 Å². The predicted octanol–water partition coefficient (Wildman–Crippen LogP) is -0.00540. The first kappa shape index (κ1) is 9.57. The molecule has 1 N–H and O–H groups in total. The fourth-order valence-corrected chi connectivity index (χ4v) is 1.18. The van der Waals surface area contributed by atoms with Crippen LogP contribution in [0.15, 0.2) is 11.8 Å². The molecule has 1 heterocycles. The van der Waals surface area contributed by atoms with Crippen LogP contribution in [-0.2, 0) is 4.79 Å². The number of rotatable bonds is 1. The highest BCUT2D eigenvalue weighted by atomic mass is 16.4. The number of nitrogens with zero attached hydrogens (tertiary/aromatic N) is 2. The molecule has 0 bridgehead atoms. The summed E-state index contributed by atoms with van der Waals surface area (Å²) in [5.74, 6) is -0.115. The highest BCUT2D eigenvalue weighted by Crippen LogP contribution is 2.11. The largest absolute Gasteiger partial charge is 0.465 e. The van der Waals surface area contributed by atoms with Gasteiger partial charge in [-0.25, -0.2) is 4.79 Å². The van der Waals surface area contributed by atoms with Crippen LogP contribution >= 0.6 is 0 Å². The molecule has 0 atom stereocenters. The van der Waals surface area contributed by atoms with Gasteiger partial charge in [0.15, 0.2) is 5.78 Å².